The van der Waals surface area contributed by atoms with Gasteiger partial charge in [-0.1, -0.05) is 46.3 Å². The van der Waals surface area contributed by atoms with Crippen LogP contribution in [-0.4, -0.2) is 27.5 Å². The third-order valence-corrected chi connectivity index (χ3v) is 6.84. The number of carbonyl (C=O) groups excluding carboxylic acids is 1. The molecule has 3 aromatic carbocycles. The molecule has 162 valence electrons. The Bertz CT molecular complexity index is 1140. The summed E-state index contributed by atoms with van der Waals surface area (Å²) in [6.07, 6.45) is 0.600. The Labute approximate surface area is 198 Å². The molecule has 1 amide bonds. The zero-order valence-electron chi connectivity index (χ0n) is 16.3. The number of hydrogen-bond acceptors (Lipinski definition) is 4. The molecule has 2 N–H and O–H groups in total. The lowest BCUT2D eigenvalue weighted by Gasteiger charge is -2.10. The Morgan fingerprint density at radius 1 is 0.935 bits per heavy atom. The van der Waals surface area contributed by atoms with Crippen molar-refractivity contribution in [2.24, 2.45) is 0 Å². The number of halogens is 2. The van der Waals surface area contributed by atoms with Gasteiger partial charge >= 0.3 is 0 Å². The van der Waals surface area contributed by atoms with E-state index in [1.54, 1.807) is 18.2 Å². The average molecular weight is 568 g/mol. The van der Waals surface area contributed by atoms with Crippen LogP contribution in [0.1, 0.15) is 5.56 Å². The van der Waals surface area contributed by atoms with Gasteiger partial charge in [0.2, 0.25) is 10.0 Å². The van der Waals surface area contributed by atoms with Crippen LogP contribution in [-0.2, 0) is 21.2 Å². The van der Waals surface area contributed by atoms with Crippen LogP contribution < -0.4 is 14.8 Å². The maximum Gasteiger partial charge on any atom is 0.262 e. The van der Waals surface area contributed by atoms with Gasteiger partial charge in [-0.15, -0.1) is 0 Å². The predicted molar refractivity (Wildman–Crippen MR) is 128 cm³/mol. The largest absolute Gasteiger partial charge is 0.483 e. The standard InChI is InChI=1S/C22H20Br2N2O4S/c23-17-6-11-21(20(24)14-17)30-15-22(27)26-18-7-9-19(10-8-18)31(28,29)25-13-12-16-4-2-1-3-5-16/h1-11,14,25H,12-13,15H2,(H,26,27). The highest BCUT2D eigenvalue weighted by molar-refractivity contribution is 9.11. The summed E-state index contributed by atoms with van der Waals surface area (Å²) in [6.45, 7) is 0.120. The average Bonchev–Trinajstić information content (AvgIpc) is 2.74. The SMILES string of the molecule is O=C(COc1ccc(Br)cc1Br)Nc1ccc(S(=O)(=O)NCCc2ccccc2)cc1. The number of hydrogen-bond donors (Lipinski definition) is 2. The highest BCUT2D eigenvalue weighted by atomic mass is 79.9. The molecule has 3 rings (SSSR count). The van der Waals surface area contributed by atoms with E-state index in [0.29, 0.717) is 24.4 Å². The fourth-order valence-electron chi connectivity index (χ4n) is 2.71. The Morgan fingerprint density at radius 3 is 2.32 bits per heavy atom. The van der Waals surface area contributed by atoms with Gasteiger partial charge in [0.05, 0.1) is 9.37 Å². The molecule has 0 spiro atoms. The van der Waals surface area contributed by atoms with E-state index in [9.17, 15) is 13.2 Å². The van der Waals surface area contributed by atoms with Crippen LogP contribution in [0.5, 0.6) is 5.75 Å². The molecule has 6 nitrogen and oxygen atoms in total. The summed E-state index contributed by atoms with van der Waals surface area (Å²) < 4.78 is 34.6. The minimum atomic E-state index is -3.63. The van der Waals surface area contributed by atoms with E-state index >= 15 is 0 Å². The lowest BCUT2D eigenvalue weighted by molar-refractivity contribution is -0.118. The molecule has 3 aromatic rings. The predicted octanol–water partition coefficient (Wildman–Crippen LogP) is 4.75. The van der Waals surface area contributed by atoms with Crippen LogP contribution in [0.25, 0.3) is 0 Å². The van der Waals surface area contributed by atoms with E-state index in [1.165, 1.54) is 12.1 Å². The van der Waals surface area contributed by atoms with Crippen molar-refractivity contribution in [2.45, 2.75) is 11.3 Å². The number of sulfonamides is 1. The number of rotatable bonds is 9. The molecule has 0 radical (unpaired) electrons. The van der Waals surface area contributed by atoms with Crippen LogP contribution in [0.15, 0.2) is 86.6 Å². The van der Waals surface area contributed by atoms with E-state index in [-0.39, 0.29) is 17.4 Å². The highest BCUT2D eigenvalue weighted by Gasteiger charge is 2.14. The summed E-state index contributed by atoms with van der Waals surface area (Å²) in [5.74, 6) is 0.188. The molecule has 0 aliphatic carbocycles. The first-order valence-corrected chi connectivity index (χ1v) is 12.4. The number of anilines is 1. The van der Waals surface area contributed by atoms with Crippen molar-refractivity contribution in [3.8, 4) is 5.75 Å². The number of nitrogens with one attached hydrogen (secondary N) is 2. The quantitative estimate of drug-likeness (QED) is 0.391. The Hall–Kier alpha value is -2.20. The number of ether oxygens (including phenoxy) is 1. The second-order valence-corrected chi connectivity index (χ2v) is 10.1. The summed E-state index contributed by atoms with van der Waals surface area (Å²) in [6, 6.07) is 21.0. The monoisotopic (exact) mass is 566 g/mol. The van der Waals surface area contributed by atoms with Gasteiger partial charge in [0.15, 0.2) is 6.61 Å². The van der Waals surface area contributed by atoms with Gasteiger partial charge in [0.1, 0.15) is 5.75 Å². The topological polar surface area (TPSA) is 84.5 Å². The van der Waals surface area contributed by atoms with E-state index in [4.69, 9.17) is 4.74 Å². The minimum absolute atomic E-state index is 0.133. The van der Waals surface area contributed by atoms with Gasteiger partial charge < -0.3 is 10.1 Å². The van der Waals surface area contributed by atoms with Crippen molar-refractivity contribution in [3.05, 3.63) is 87.3 Å². The molecular weight excluding hydrogens is 548 g/mol. The fourth-order valence-corrected chi connectivity index (χ4v) is 4.90. The van der Waals surface area contributed by atoms with Crippen molar-refractivity contribution in [1.82, 2.24) is 4.72 Å². The molecule has 0 atom stereocenters. The summed E-state index contributed by atoms with van der Waals surface area (Å²) in [5, 5.41) is 2.68. The molecule has 0 saturated carbocycles. The summed E-state index contributed by atoms with van der Waals surface area (Å²) in [4.78, 5) is 12.3. The molecule has 9 heteroatoms. The van der Waals surface area contributed by atoms with Crippen LogP contribution in [0.2, 0.25) is 0 Å². The lowest BCUT2D eigenvalue weighted by Crippen LogP contribution is -2.26. The minimum Gasteiger partial charge on any atom is -0.483 e. The molecule has 0 aliphatic heterocycles. The number of carbonyl (C=O) groups is 1. The summed E-state index contributed by atoms with van der Waals surface area (Å²) >= 11 is 6.72. The number of benzene rings is 3. The summed E-state index contributed by atoms with van der Waals surface area (Å²) in [5.41, 5.74) is 1.53. The van der Waals surface area contributed by atoms with E-state index in [1.807, 2.05) is 42.5 Å². The van der Waals surface area contributed by atoms with Crippen molar-refractivity contribution >= 4 is 53.5 Å². The van der Waals surface area contributed by atoms with Crippen LogP contribution >= 0.6 is 31.9 Å². The normalized spacial score (nSPS) is 11.2. The first-order chi connectivity index (χ1) is 14.8. The Morgan fingerprint density at radius 2 is 1.65 bits per heavy atom. The van der Waals surface area contributed by atoms with Gasteiger partial charge in [-0.25, -0.2) is 13.1 Å². The van der Waals surface area contributed by atoms with Gasteiger partial charge in [0, 0.05) is 16.7 Å². The van der Waals surface area contributed by atoms with Crippen LogP contribution in [0.3, 0.4) is 0 Å². The van der Waals surface area contributed by atoms with Gasteiger partial charge in [-0.05, 0) is 70.4 Å². The first kappa shape index (κ1) is 23.5. The third-order valence-electron chi connectivity index (χ3n) is 4.25. The summed E-state index contributed by atoms with van der Waals surface area (Å²) in [7, 11) is -3.63. The maximum atomic E-state index is 12.4. The second-order valence-electron chi connectivity index (χ2n) is 6.57. The molecule has 31 heavy (non-hydrogen) atoms. The Kier molecular flexibility index (Phi) is 8.25. The van der Waals surface area contributed by atoms with Crippen molar-refractivity contribution in [2.75, 3.05) is 18.5 Å². The third kappa shape index (κ3) is 7.17. The van der Waals surface area contributed by atoms with E-state index in [0.717, 1.165) is 14.5 Å². The van der Waals surface area contributed by atoms with Gasteiger partial charge in [0.25, 0.3) is 5.91 Å². The van der Waals surface area contributed by atoms with Gasteiger partial charge in [-0.3, -0.25) is 4.79 Å². The first-order valence-electron chi connectivity index (χ1n) is 9.35. The van der Waals surface area contributed by atoms with Crippen molar-refractivity contribution in [3.63, 3.8) is 0 Å². The van der Waals surface area contributed by atoms with E-state index in [2.05, 4.69) is 41.9 Å². The molecule has 0 aromatic heterocycles. The zero-order chi connectivity index (χ0) is 22.3. The molecule has 0 unspecified atom stereocenters. The Balaban J connectivity index is 1.51. The number of amides is 1. The van der Waals surface area contributed by atoms with Crippen LogP contribution in [0.4, 0.5) is 5.69 Å². The smallest absolute Gasteiger partial charge is 0.262 e. The van der Waals surface area contributed by atoms with Crippen LogP contribution in [0, 0.1) is 0 Å². The molecule has 0 heterocycles. The second kappa shape index (κ2) is 10.9. The van der Waals surface area contributed by atoms with Crippen molar-refractivity contribution < 1.29 is 17.9 Å². The zero-order valence-corrected chi connectivity index (χ0v) is 20.3. The molecule has 0 bridgehead atoms. The molecular formula is C22H20Br2N2O4S. The highest BCUT2D eigenvalue weighted by Crippen LogP contribution is 2.28. The maximum absolute atomic E-state index is 12.4. The van der Waals surface area contributed by atoms with E-state index < -0.39 is 10.0 Å². The molecule has 0 saturated heterocycles. The van der Waals surface area contributed by atoms with Gasteiger partial charge in [-0.2, -0.15) is 0 Å². The lowest BCUT2D eigenvalue weighted by atomic mass is 10.2. The molecule has 0 aliphatic rings. The fraction of sp³-hybridized carbons (Fsp3) is 0.136. The van der Waals surface area contributed by atoms with Crippen molar-refractivity contribution in [1.29, 1.82) is 0 Å². The molecule has 0 fully saturated rings.